The highest BCUT2D eigenvalue weighted by Crippen LogP contribution is 2.29. The van der Waals surface area contributed by atoms with E-state index < -0.39 is 15.6 Å². The van der Waals surface area contributed by atoms with E-state index in [1.165, 1.54) is 25.0 Å². The highest BCUT2D eigenvalue weighted by atomic mass is 32.2. The Kier molecular flexibility index (Phi) is 6.87. The molecule has 6 nitrogen and oxygen atoms in total. The molecule has 2 heterocycles. The average Bonchev–Trinajstić information content (AvgIpc) is 2.98. The van der Waals surface area contributed by atoms with Gasteiger partial charge in [0, 0.05) is 39.3 Å². The van der Waals surface area contributed by atoms with Crippen LogP contribution in [-0.2, 0) is 14.6 Å². The van der Waals surface area contributed by atoms with E-state index >= 15 is 0 Å². The lowest BCUT2D eigenvalue weighted by atomic mass is 10.2. The third kappa shape index (κ3) is 4.81. The number of anilines is 1. The summed E-state index contributed by atoms with van der Waals surface area (Å²) in [6, 6.07) is 5.89. The Labute approximate surface area is 165 Å². The maximum atomic E-state index is 13.0. The summed E-state index contributed by atoms with van der Waals surface area (Å²) < 4.78 is 49.9. The fourth-order valence-electron chi connectivity index (χ4n) is 3.81. The first-order valence-corrected chi connectivity index (χ1v) is 11.3. The second-order valence-corrected chi connectivity index (χ2v) is 9.22. The summed E-state index contributed by atoms with van der Waals surface area (Å²) in [5.74, 6) is -3.31. The van der Waals surface area contributed by atoms with Gasteiger partial charge in [0.2, 0.25) is 15.7 Å². The maximum Gasteiger partial charge on any atom is 0.341 e. The second-order valence-electron chi connectivity index (χ2n) is 7.33. The number of piperazine rings is 1. The molecule has 0 N–H and O–H groups in total. The fourth-order valence-corrected chi connectivity index (χ4v) is 4.76. The normalized spacial score (nSPS) is 19.7. The first-order valence-electron chi connectivity index (χ1n) is 9.76. The molecule has 2 aliphatic rings. The van der Waals surface area contributed by atoms with E-state index in [0.29, 0.717) is 38.4 Å². The molecule has 2 fully saturated rings. The highest BCUT2D eigenvalue weighted by Gasteiger charge is 2.31. The lowest BCUT2D eigenvalue weighted by Gasteiger charge is -2.37. The Morgan fingerprint density at radius 3 is 2.14 bits per heavy atom. The molecule has 9 heteroatoms. The van der Waals surface area contributed by atoms with Crippen LogP contribution >= 0.6 is 0 Å². The Hall–Kier alpha value is -1.74. The van der Waals surface area contributed by atoms with Crippen LogP contribution in [0.2, 0.25) is 0 Å². The summed E-state index contributed by atoms with van der Waals surface area (Å²) >= 11 is 0. The molecule has 2 saturated heterocycles. The van der Waals surface area contributed by atoms with Crippen LogP contribution in [0.25, 0.3) is 0 Å². The number of hydrogen-bond acceptors (Lipinski definition) is 5. The first-order chi connectivity index (χ1) is 13.4. The van der Waals surface area contributed by atoms with Gasteiger partial charge in [-0.05, 0) is 25.0 Å². The molecular weight excluding hydrogens is 388 g/mol. The van der Waals surface area contributed by atoms with Gasteiger partial charge in [0.05, 0.1) is 17.1 Å². The summed E-state index contributed by atoms with van der Waals surface area (Å²) in [6.45, 7) is 4.14. The molecule has 28 heavy (non-hydrogen) atoms. The van der Waals surface area contributed by atoms with Gasteiger partial charge in [-0.1, -0.05) is 25.0 Å². The van der Waals surface area contributed by atoms with Crippen molar-refractivity contribution in [3.63, 3.8) is 0 Å². The third-order valence-electron chi connectivity index (χ3n) is 5.44. The topological polar surface area (TPSA) is 60.9 Å². The number of rotatable bonds is 5. The quantitative estimate of drug-likeness (QED) is 0.738. The van der Waals surface area contributed by atoms with Gasteiger partial charge in [-0.25, -0.2) is 8.42 Å². The molecule has 0 atom stereocenters. The number of sulfone groups is 1. The number of amides is 1. The SMILES string of the molecule is O=C(CN1CCN(c2ccccc2S(=O)(=O)C(F)F)CC1)N1CCCCCC1. The van der Waals surface area contributed by atoms with Crippen LogP contribution in [0.15, 0.2) is 29.2 Å². The molecule has 0 aromatic heterocycles. The van der Waals surface area contributed by atoms with E-state index in [-0.39, 0.29) is 10.8 Å². The van der Waals surface area contributed by atoms with Gasteiger partial charge in [0.15, 0.2) is 0 Å². The van der Waals surface area contributed by atoms with Crippen molar-refractivity contribution in [1.82, 2.24) is 9.80 Å². The largest absolute Gasteiger partial charge is 0.368 e. The molecule has 0 bridgehead atoms. The van der Waals surface area contributed by atoms with Crippen LogP contribution < -0.4 is 4.90 Å². The molecular formula is C19H27F2N3O3S. The Morgan fingerprint density at radius 1 is 0.929 bits per heavy atom. The van der Waals surface area contributed by atoms with Crippen molar-refractivity contribution in [3.05, 3.63) is 24.3 Å². The molecule has 156 valence electrons. The fraction of sp³-hybridized carbons (Fsp3) is 0.632. The summed E-state index contributed by atoms with van der Waals surface area (Å²) in [4.78, 5) is 18.0. The molecule has 0 saturated carbocycles. The number of hydrogen-bond donors (Lipinski definition) is 0. The predicted molar refractivity (Wildman–Crippen MR) is 103 cm³/mol. The molecule has 0 aliphatic carbocycles. The first kappa shape index (κ1) is 21.0. The minimum atomic E-state index is -4.66. The smallest absolute Gasteiger partial charge is 0.341 e. The molecule has 2 aliphatic heterocycles. The number of halogens is 2. The number of alkyl halides is 2. The Bertz CT molecular complexity index is 772. The highest BCUT2D eigenvalue weighted by molar-refractivity contribution is 7.91. The van der Waals surface area contributed by atoms with Crippen LogP contribution in [0.1, 0.15) is 25.7 Å². The standard InChI is InChI=1S/C19H27F2N3O3S/c20-19(21)28(26,27)17-8-4-3-7-16(17)23-13-11-22(12-14-23)15-18(25)24-9-5-1-2-6-10-24/h3-4,7-8,19H,1-2,5-6,9-15H2. The van der Waals surface area contributed by atoms with Crippen molar-refractivity contribution in [2.75, 3.05) is 50.7 Å². The molecule has 1 aromatic rings. The zero-order valence-corrected chi connectivity index (χ0v) is 16.7. The molecule has 1 aromatic carbocycles. The van der Waals surface area contributed by atoms with E-state index in [4.69, 9.17) is 0 Å². The van der Waals surface area contributed by atoms with E-state index in [1.54, 1.807) is 12.1 Å². The lowest BCUT2D eigenvalue weighted by molar-refractivity contribution is -0.132. The zero-order chi connectivity index (χ0) is 20.1. The second kappa shape index (κ2) is 9.17. The number of para-hydroxylation sites is 1. The summed E-state index contributed by atoms with van der Waals surface area (Å²) in [7, 11) is -4.66. The van der Waals surface area contributed by atoms with Gasteiger partial charge < -0.3 is 9.80 Å². The number of benzene rings is 1. The maximum absolute atomic E-state index is 13.0. The van der Waals surface area contributed by atoms with E-state index in [0.717, 1.165) is 25.9 Å². The van der Waals surface area contributed by atoms with Crippen LogP contribution in [0.5, 0.6) is 0 Å². The average molecular weight is 416 g/mol. The molecule has 1 amide bonds. The van der Waals surface area contributed by atoms with Crippen molar-refractivity contribution in [3.8, 4) is 0 Å². The number of carbonyl (C=O) groups is 1. The van der Waals surface area contributed by atoms with Crippen LogP contribution in [0.3, 0.4) is 0 Å². The van der Waals surface area contributed by atoms with Crippen LogP contribution in [0, 0.1) is 0 Å². The monoisotopic (exact) mass is 415 g/mol. The zero-order valence-electron chi connectivity index (χ0n) is 15.9. The van der Waals surface area contributed by atoms with E-state index in [2.05, 4.69) is 0 Å². The number of likely N-dealkylation sites (tertiary alicyclic amines) is 1. The van der Waals surface area contributed by atoms with Crippen molar-refractivity contribution in [1.29, 1.82) is 0 Å². The van der Waals surface area contributed by atoms with Crippen molar-refractivity contribution in [2.24, 2.45) is 0 Å². The minimum Gasteiger partial charge on any atom is -0.368 e. The van der Waals surface area contributed by atoms with Gasteiger partial charge in [-0.15, -0.1) is 0 Å². The summed E-state index contributed by atoms with van der Waals surface area (Å²) in [5.41, 5.74) is 0.307. The third-order valence-corrected chi connectivity index (χ3v) is 6.86. The summed E-state index contributed by atoms with van der Waals surface area (Å²) in [5, 5.41) is 0. The van der Waals surface area contributed by atoms with Gasteiger partial charge >= 0.3 is 5.76 Å². The van der Waals surface area contributed by atoms with Gasteiger partial charge in [-0.3, -0.25) is 9.69 Å². The Balaban J connectivity index is 1.61. The van der Waals surface area contributed by atoms with Crippen molar-refractivity contribution in [2.45, 2.75) is 36.3 Å². The van der Waals surface area contributed by atoms with E-state index in [9.17, 15) is 22.0 Å². The van der Waals surface area contributed by atoms with E-state index in [1.807, 2.05) is 14.7 Å². The summed E-state index contributed by atoms with van der Waals surface area (Å²) in [6.07, 6.45) is 4.44. The molecule has 0 spiro atoms. The van der Waals surface area contributed by atoms with Gasteiger partial charge in [-0.2, -0.15) is 8.78 Å². The van der Waals surface area contributed by atoms with Crippen molar-refractivity contribution >= 4 is 21.4 Å². The lowest BCUT2D eigenvalue weighted by Crippen LogP contribution is -2.50. The van der Waals surface area contributed by atoms with Crippen LogP contribution in [-0.4, -0.2) is 75.7 Å². The van der Waals surface area contributed by atoms with Crippen molar-refractivity contribution < 1.29 is 22.0 Å². The van der Waals surface area contributed by atoms with Gasteiger partial charge in [0.1, 0.15) is 0 Å². The molecule has 0 unspecified atom stereocenters. The molecule has 3 rings (SSSR count). The van der Waals surface area contributed by atoms with Crippen LogP contribution in [0.4, 0.5) is 14.5 Å². The number of carbonyl (C=O) groups excluding carboxylic acids is 1. The Morgan fingerprint density at radius 2 is 1.54 bits per heavy atom. The minimum absolute atomic E-state index is 0.135. The number of nitrogens with zero attached hydrogens (tertiary/aromatic N) is 3. The molecule has 0 radical (unpaired) electrons. The predicted octanol–water partition coefficient (Wildman–Crippen LogP) is 2.21. The van der Waals surface area contributed by atoms with Gasteiger partial charge in [0.25, 0.3) is 0 Å².